The normalized spacial score (nSPS) is 25.6. The Morgan fingerprint density at radius 1 is 0.923 bits per heavy atom. The van der Waals surface area contributed by atoms with E-state index in [2.05, 4.69) is 77.4 Å². The summed E-state index contributed by atoms with van der Waals surface area (Å²) in [7, 11) is 0. The summed E-state index contributed by atoms with van der Waals surface area (Å²) in [5, 5.41) is 0. The van der Waals surface area contributed by atoms with E-state index >= 15 is 0 Å². The molecule has 26 heavy (non-hydrogen) atoms. The predicted molar refractivity (Wildman–Crippen MR) is 109 cm³/mol. The standard InChI is InChI=1S/C24H32N2/c1-20(22-11-6-3-7-12-22)26-18-15-23-13-8-16-25(19-24(23)26)17-14-21-9-4-2-5-10-21/h2-7,9-12,20,23-24H,8,13-19H2,1H3/t20-,23?,24?/m0/s1. The smallest absolute Gasteiger partial charge is 0.0323 e. The van der Waals surface area contributed by atoms with Crippen LogP contribution in [-0.2, 0) is 6.42 Å². The molecule has 0 spiro atoms. The Morgan fingerprint density at radius 3 is 2.42 bits per heavy atom. The molecule has 2 aromatic carbocycles. The van der Waals surface area contributed by atoms with Gasteiger partial charge in [-0.1, -0.05) is 60.7 Å². The van der Waals surface area contributed by atoms with Crippen molar-refractivity contribution in [2.45, 2.75) is 44.7 Å². The molecule has 2 saturated heterocycles. The van der Waals surface area contributed by atoms with Gasteiger partial charge in [0, 0.05) is 25.2 Å². The van der Waals surface area contributed by atoms with Crippen molar-refractivity contribution in [1.29, 1.82) is 0 Å². The summed E-state index contributed by atoms with van der Waals surface area (Å²) in [6.45, 7) is 7.37. The van der Waals surface area contributed by atoms with Crippen molar-refractivity contribution in [3.05, 3.63) is 71.8 Å². The van der Waals surface area contributed by atoms with Crippen LogP contribution in [0.1, 0.15) is 43.4 Å². The summed E-state index contributed by atoms with van der Waals surface area (Å²) in [4.78, 5) is 5.52. The molecule has 0 N–H and O–H groups in total. The van der Waals surface area contributed by atoms with Crippen LogP contribution in [0.5, 0.6) is 0 Å². The molecule has 0 radical (unpaired) electrons. The Morgan fingerprint density at radius 2 is 1.65 bits per heavy atom. The van der Waals surface area contributed by atoms with E-state index in [1.807, 2.05) is 0 Å². The molecule has 2 heterocycles. The van der Waals surface area contributed by atoms with E-state index in [9.17, 15) is 0 Å². The first kappa shape index (κ1) is 17.8. The molecule has 0 aromatic heterocycles. The van der Waals surface area contributed by atoms with Gasteiger partial charge in [0.05, 0.1) is 0 Å². The van der Waals surface area contributed by atoms with Crippen LogP contribution in [0, 0.1) is 5.92 Å². The summed E-state index contributed by atoms with van der Waals surface area (Å²) in [5.41, 5.74) is 2.93. The van der Waals surface area contributed by atoms with Crippen LogP contribution in [0.15, 0.2) is 60.7 Å². The number of benzene rings is 2. The number of rotatable bonds is 5. The number of hydrogen-bond acceptors (Lipinski definition) is 2. The molecule has 4 rings (SSSR count). The van der Waals surface area contributed by atoms with Crippen molar-refractivity contribution in [2.75, 3.05) is 26.2 Å². The minimum absolute atomic E-state index is 0.528. The van der Waals surface area contributed by atoms with E-state index in [1.54, 1.807) is 0 Å². The third kappa shape index (κ3) is 4.02. The Balaban J connectivity index is 1.42. The van der Waals surface area contributed by atoms with Gasteiger partial charge in [0.15, 0.2) is 0 Å². The number of likely N-dealkylation sites (tertiary alicyclic amines) is 2. The molecule has 2 fully saturated rings. The second-order valence-electron chi connectivity index (χ2n) is 8.12. The van der Waals surface area contributed by atoms with Gasteiger partial charge in [0.25, 0.3) is 0 Å². The molecular formula is C24H32N2. The Bertz CT molecular complexity index is 669. The molecule has 3 atom stereocenters. The zero-order valence-electron chi connectivity index (χ0n) is 16.1. The summed E-state index contributed by atoms with van der Waals surface area (Å²) < 4.78 is 0. The van der Waals surface area contributed by atoms with Gasteiger partial charge in [-0.15, -0.1) is 0 Å². The second kappa shape index (κ2) is 8.37. The maximum Gasteiger partial charge on any atom is 0.0323 e. The molecule has 2 aromatic rings. The Hall–Kier alpha value is -1.64. The van der Waals surface area contributed by atoms with Gasteiger partial charge in [0.1, 0.15) is 0 Å². The van der Waals surface area contributed by atoms with Crippen molar-refractivity contribution in [2.24, 2.45) is 5.92 Å². The molecule has 2 aliphatic heterocycles. The van der Waals surface area contributed by atoms with Crippen molar-refractivity contribution >= 4 is 0 Å². The number of fused-ring (bicyclic) bond motifs is 1. The fourth-order valence-corrected chi connectivity index (χ4v) is 5.01. The third-order valence-corrected chi connectivity index (χ3v) is 6.56. The van der Waals surface area contributed by atoms with Crippen LogP contribution in [-0.4, -0.2) is 42.0 Å². The average molecular weight is 349 g/mol. The predicted octanol–water partition coefficient (Wildman–Crippen LogP) is 4.78. The van der Waals surface area contributed by atoms with E-state index in [-0.39, 0.29) is 0 Å². The SMILES string of the molecule is C[C@@H](c1ccccc1)N1CCC2CCCN(CCc3ccccc3)CC21. The lowest BCUT2D eigenvalue weighted by Crippen LogP contribution is -2.43. The summed E-state index contributed by atoms with van der Waals surface area (Å²) >= 11 is 0. The largest absolute Gasteiger partial charge is 0.301 e. The van der Waals surface area contributed by atoms with E-state index in [1.165, 1.54) is 63.0 Å². The van der Waals surface area contributed by atoms with Gasteiger partial charge in [-0.2, -0.15) is 0 Å². The second-order valence-corrected chi connectivity index (χ2v) is 8.12. The highest BCUT2D eigenvalue weighted by Gasteiger charge is 2.38. The van der Waals surface area contributed by atoms with Crippen molar-refractivity contribution in [3.8, 4) is 0 Å². The van der Waals surface area contributed by atoms with E-state index < -0.39 is 0 Å². The molecule has 2 heteroatoms. The Kier molecular flexibility index (Phi) is 5.72. The lowest BCUT2D eigenvalue weighted by molar-refractivity contribution is 0.134. The molecular weight excluding hydrogens is 316 g/mol. The van der Waals surface area contributed by atoms with Crippen molar-refractivity contribution < 1.29 is 0 Å². The molecule has 0 amide bonds. The van der Waals surface area contributed by atoms with E-state index in [4.69, 9.17) is 0 Å². The monoisotopic (exact) mass is 348 g/mol. The quantitative estimate of drug-likeness (QED) is 0.767. The summed E-state index contributed by atoms with van der Waals surface area (Å²) in [5.74, 6) is 0.892. The zero-order chi connectivity index (χ0) is 17.8. The zero-order valence-corrected chi connectivity index (χ0v) is 16.1. The van der Waals surface area contributed by atoms with Crippen LogP contribution in [0.2, 0.25) is 0 Å². The molecule has 138 valence electrons. The van der Waals surface area contributed by atoms with Crippen LogP contribution in [0.25, 0.3) is 0 Å². The fraction of sp³-hybridized carbons (Fsp3) is 0.500. The van der Waals surface area contributed by atoms with Gasteiger partial charge in [-0.3, -0.25) is 4.90 Å². The first-order valence-corrected chi connectivity index (χ1v) is 10.4. The molecule has 0 aliphatic carbocycles. The molecule has 2 unspecified atom stereocenters. The lowest BCUT2D eigenvalue weighted by Gasteiger charge is -2.35. The van der Waals surface area contributed by atoms with Crippen LogP contribution in [0.3, 0.4) is 0 Å². The van der Waals surface area contributed by atoms with Crippen molar-refractivity contribution in [3.63, 3.8) is 0 Å². The van der Waals surface area contributed by atoms with Gasteiger partial charge in [0.2, 0.25) is 0 Å². The topological polar surface area (TPSA) is 6.48 Å². The first-order chi connectivity index (χ1) is 12.8. The van der Waals surface area contributed by atoms with Gasteiger partial charge in [-0.05, 0) is 62.7 Å². The Labute approximate surface area is 158 Å². The average Bonchev–Trinajstić information content (AvgIpc) is 2.98. The number of hydrogen-bond donors (Lipinski definition) is 0. The third-order valence-electron chi connectivity index (χ3n) is 6.56. The summed E-state index contributed by atoms with van der Waals surface area (Å²) in [6.07, 6.45) is 5.33. The fourth-order valence-electron chi connectivity index (χ4n) is 5.01. The van der Waals surface area contributed by atoms with E-state index in [0.717, 1.165) is 12.0 Å². The minimum Gasteiger partial charge on any atom is -0.301 e. The van der Waals surface area contributed by atoms with Crippen LogP contribution < -0.4 is 0 Å². The molecule has 0 bridgehead atoms. The van der Waals surface area contributed by atoms with E-state index in [0.29, 0.717) is 6.04 Å². The maximum absolute atomic E-state index is 2.79. The minimum atomic E-state index is 0.528. The summed E-state index contributed by atoms with van der Waals surface area (Å²) in [6, 6.07) is 23.3. The van der Waals surface area contributed by atoms with Gasteiger partial charge in [-0.25, -0.2) is 0 Å². The highest BCUT2D eigenvalue weighted by Crippen LogP contribution is 2.36. The van der Waals surface area contributed by atoms with Gasteiger partial charge < -0.3 is 4.90 Å². The lowest BCUT2D eigenvalue weighted by atomic mass is 9.95. The molecule has 2 aliphatic rings. The van der Waals surface area contributed by atoms with Crippen LogP contribution in [0.4, 0.5) is 0 Å². The molecule has 0 saturated carbocycles. The molecule has 2 nitrogen and oxygen atoms in total. The first-order valence-electron chi connectivity index (χ1n) is 10.4. The van der Waals surface area contributed by atoms with Gasteiger partial charge >= 0.3 is 0 Å². The highest BCUT2D eigenvalue weighted by molar-refractivity contribution is 5.19. The number of nitrogens with zero attached hydrogens (tertiary/aromatic N) is 2. The maximum atomic E-state index is 2.79. The van der Waals surface area contributed by atoms with Crippen LogP contribution >= 0.6 is 0 Å². The highest BCUT2D eigenvalue weighted by atomic mass is 15.3. The van der Waals surface area contributed by atoms with Crippen molar-refractivity contribution in [1.82, 2.24) is 9.80 Å².